The van der Waals surface area contributed by atoms with Crippen molar-refractivity contribution in [1.82, 2.24) is 15.5 Å². The number of hydrogen-bond acceptors (Lipinski definition) is 8. The zero-order valence-electron chi connectivity index (χ0n) is 39.9. The standard InChI is InChI=1S/C52H95N3O7/c1-3-5-7-9-11-13-15-17-19-21-23-25-27-29-31-33-46-61-48-49(54-51(59)38-37-50(58)53-40-35-41-55(42-44-56)43-45-57)36-39-52(60)62-47-34-32-30-28-26-24-22-20-18-16-14-12-10-8-6-4-2/h11-14,17-20,49,56-57H,3-10,15-16,21-48H2,1-2H3,(H,53,58)(H,54,59)/b13-11-,14-12-,19-17-,20-18-. The highest BCUT2D eigenvalue weighted by atomic mass is 16.5. The molecule has 0 bridgehead atoms. The molecule has 0 aromatic heterocycles. The van der Waals surface area contributed by atoms with Gasteiger partial charge >= 0.3 is 5.97 Å². The van der Waals surface area contributed by atoms with E-state index < -0.39 is 0 Å². The number of carbonyl (C=O) groups is 3. The Morgan fingerprint density at radius 3 is 1.52 bits per heavy atom. The van der Waals surface area contributed by atoms with Crippen molar-refractivity contribution in [2.24, 2.45) is 0 Å². The van der Waals surface area contributed by atoms with Crippen LogP contribution >= 0.6 is 0 Å². The highest BCUT2D eigenvalue weighted by Gasteiger charge is 2.16. The molecule has 0 heterocycles. The first-order valence-electron chi connectivity index (χ1n) is 25.3. The predicted molar refractivity (Wildman–Crippen MR) is 259 cm³/mol. The Morgan fingerprint density at radius 1 is 0.532 bits per heavy atom. The molecule has 4 N–H and O–H groups in total. The normalized spacial score (nSPS) is 12.5. The van der Waals surface area contributed by atoms with Gasteiger partial charge in [-0.25, -0.2) is 0 Å². The topological polar surface area (TPSA) is 137 Å². The third kappa shape index (κ3) is 45.2. The lowest BCUT2D eigenvalue weighted by Crippen LogP contribution is -2.39. The third-order valence-electron chi connectivity index (χ3n) is 10.9. The molecule has 360 valence electrons. The summed E-state index contributed by atoms with van der Waals surface area (Å²) >= 11 is 0. The zero-order chi connectivity index (χ0) is 45.2. The molecule has 0 radical (unpaired) electrons. The first kappa shape index (κ1) is 59.2. The summed E-state index contributed by atoms with van der Waals surface area (Å²) in [5, 5.41) is 24.2. The SMILES string of the molecule is CCCCC/C=C\C/C=C\CCCCCCCCOCC(CCC(=O)OCCCCCCCC/C=C\C/C=C\CCCCC)NC(=O)CCC(=O)NCCCN(CCO)CCO. The van der Waals surface area contributed by atoms with Crippen LogP contribution in [0.3, 0.4) is 0 Å². The third-order valence-corrected chi connectivity index (χ3v) is 10.9. The minimum absolute atomic E-state index is 0.0161. The lowest BCUT2D eigenvalue weighted by atomic mass is 10.1. The van der Waals surface area contributed by atoms with Crippen LogP contribution in [0.15, 0.2) is 48.6 Å². The van der Waals surface area contributed by atoms with Gasteiger partial charge in [-0.2, -0.15) is 0 Å². The molecule has 0 rings (SSSR count). The van der Waals surface area contributed by atoms with Crippen LogP contribution in [-0.2, 0) is 23.9 Å². The Balaban J connectivity index is 4.42. The van der Waals surface area contributed by atoms with Crippen LogP contribution in [0.2, 0.25) is 0 Å². The molecule has 0 fully saturated rings. The van der Waals surface area contributed by atoms with Crippen LogP contribution in [0, 0.1) is 0 Å². The van der Waals surface area contributed by atoms with Crippen LogP contribution in [-0.4, -0.2) is 98.2 Å². The van der Waals surface area contributed by atoms with Gasteiger partial charge in [0.05, 0.1) is 32.5 Å². The fraction of sp³-hybridized carbons (Fsp3) is 0.788. The highest BCUT2D eigenvalue weighted by Crippen LogP contribution is 2.11. The lowest BCUT2D eigenvalue weighted by Gasteiger charge is -2.20. The predicted octanol–water partition coefficient (Wildman–Crippen LogP) is 11.0. The zero-order valence-corrected chi connectivity index (χ0v) is 39.9. The van der Waals surface area contributed by atoms with Gasteiger partial charge in [0.25, 0.3) is 0 Å². The van der Waals surface area contributed by atoms with Crippen molar-refractivity contribution in [3.05, 3.63) is 48.6 Å². The number of amides is 2. The fourth-order valence-electron chi connectivity index (χ4n) is 7.02. The molecule has 2 amide bonds. The highest BCUT2D eigenvalue weighted by molar-refractivity contribution is 5.83. The monoisotopic (exact) mass is 874 g/mol. The van der Waals surface area contributed by atoms with Gasteiger partial charge in [0.15, 0.2) is 0 Å². The van der Waals surface area contributed by atoms with E-state index in [0.29, 0.717) is 58.8 Å². The molecule has 0 aromatic rings. The van der Waals surface area contributed by atoms with Gasteiger partial charge in [-0.1, -0.05) is 140 Å². The maximum absolute atomic E-state index is 12.9. The van der Waals surface area contributed by atoms with Gasteiger partial charge in [0.1, 0.15) is 0 Å². The molecular formula is C52H95N3O7. The summed E-state index contributed by atoms with van der Waals surface area (Å²) in [6.45, 7) is 7.91. The van der Waals surface area contributed by atoms with Crippen LogP contribution in [0.5, 0.6) is 0 Å². The summed E-state index contributed by atoms with van der Waals surface area (Å²) in [5.41, 5.74) is 0. The van der Waals surface area contributed by atoms with Crippen molar-refractivity contribution in [1.29, 1.82) is 0 Å². The first-order valence-corrected chi connectivity index (χ1v) is 25.3. The van der Waals surface area contributed by atoms with E-state index in [-0.39, 0.29) is 56.3 Å². The minimum Gasteiger partial charge on any atom is -0.466 e. The van der Waals surface area contributed by atoms with E-state index in [0.717, 1.165) is 57.8 Å². The van der Waals surface area contributed by atoms with Crippen LogP contribution in [0.25, 0.3) is 0 Å². The summed E-state index contributed by atoms with van der Waals surface area (Å²) in [6.07, 6.45) is 47.9. The van der Waals surface area contributed by atoms with E-state index in [9.17, 15) is 14.4 Å². The number of unbranched alkanes of at least 4 members (excludes halogenated alkanes) is 18. The maximum Gasteiger partial charge on any atom is 0.305 e. The molecule has 0 spiro atoms. The van der Waals surface area contributed by atoms with E-state index in [1.54, 1.807) is 0 Å². The number of nitrogens with one attached hydrogen (secondary N) is 2. The summed E-state index contributed by atoms with van der Waals surface area (Å²) in [6, 6.07) is -0.339. The van der Waals surface area contributed by atoms with Crippen molar-refractivity contribution >= 4 is 17.8 Å². The van der Waals surface area contributed by atoms with Crippen molar-refractivity contribution < 1.29 is 34.1 Å². The summed E-state index contributed by atoms with van der Waals surface area (Å²) in [7, 11) is 0. The van der Waals surface area contributed by atoms with Crippen molar-refractivity contribution in [3.63, 3.8) is 0 Å². The lowest BCUT2D eigenvalue weighted by molar-refractivity contribution is -0.144. The van der Waals surface area contributed by atoms with Gasteiger partial charge in [0, 0.05) is 45.5 Å². The Morgan fingerprint density at radius 2 is 1.00 bits per heavy atom. The van der Waals surface area contributed by atoms with Crippen LogP contribution in [0.1, 0.15) is 200 Å². The van der Waals surface area contributed by atoms with E-state index in [1.165, 1.54) is 96.3 Å². The Hall–Kier alpha value is -2.79. The largest absolute Gasteiger partial charge is 0.466 e. The van der Waals surface area contributed by atoms with Gasteiger partial charge in [-0.3, -0.25) is 19.3 Å². The van der Waals surface area contributed by atoms with Crippen molar-refractivity contribution in [2.75, 3.05) is 59.2 Å². The van der Waals surface area contributed by atoms with Gasteiger partial charge in [-0.05, 0) is 96.4 Å². The van der Waals surface area contributed by atoms with E-state index in [4.69, 9.17) is 19.7 Å². The van der Waals surface area contributed by atoms with E-state index >= 15 is 0 Å². The number of nitrogens with zero attached hydrogens (tertiary/aromatic N) is 1. The van der Waals surface area contributed by atoms with E-state index in [1.807, 2.05) is 4.90 Å². The average molecular weight is 874 g/mol. The van der Waals surface area contributed by atoms with E-state index in [2.05, 4.69) is 73.1 Å². The Kier molecular flexibility index (Phi) is 47.0. The van der Waals surface area contributed by atoms with Gasteiger partial charge in [-0.15, -0.1) is 0 Å². The maximum atomic E-state index is 12.9. The molecule has 10 nitrogen and oxygen atoms in total. The second kappa shape index (κ2) is 49.2. The second-order valence-electron chi connectivity index (χ2n) is 16.8. The van der Waals surface area contributed by atoms with Gasteiger partial charge < -0.3 is 30.3 Å². The molecule has 10 heteroatoms. The average Bonchev–Trinajstić information content (AvgIpc) is 3.26. The molecular weight excluding hydrogens is 779 g/mol. The molecule has 0 saturated carbocycles. The molecule has 0 aliphatic heterocycles. The number of rotatable bonds is 47. The molecule has 1 atom stereocenters. The fourth-order valence-corrected chi connectivity index (χ4v) is 7.02. The van der Waals surface area contributed by atoms with Gasteiger partial charge in [0.2, 0.25) is 11.8 Å². The number of aliphatic hydroxyl groups excluding tert-OH is 2. The number of hydrogen-bond donors (Lipinski definition) is 4. The van der Waals surface area contributed by atoms with Crippen molar-refractivity contribution in [2.45, 2.75) is 206 Å². The summed E-state index contributed by atoms with van der Waals surface area (Å²) < 4.78 is 11.5. The molecule has 0 aliphatic carbocycles. The Bertz CT molecular complexity index is 1120. The summed E-state index contributed by atoms with van der Waals surface area (Å²) in [4.78, 5) is 39.8. The van der Waals surface area contributed by atoms with Crippen LogP contribution < -0.4 is 10.6 Å². The molecule has 62 heavy (non-hydrogen) atoms. The molecule has 0 aliphatic rings. The number of allylic oxidation sites excluding steroid dienone is 8. The summed E-state index contributed by atoms with van der Waals surface area (Å²) in [5.74, 6) is -0.698. The first-order chi connectivity index (χ1) is 30.5. The molecule has 1 unspecified atom stereocenters. The minimum atomic E-state index is -0.339. The number of carbonyl (C=O) groups excluding carboxylic acids is 3. The number of ether oxygens (including phenoxy) is 2. The molecule has 0 saturated heterocycles. The van der Waals surface area contributed by atoms with Crippen molar-refractivity contribution in [3.8, 4) is 0 Å². The Labute approximate surface area is 380 Å². The second-order valence-corrected chi connectivity index (χ2v) is 16.8. The van der Waals surface area contributed by atoms with Crippen LogP contribution in [0.4, 0.5) is 0 Å². The molecule has 0 aromatic carbocycles. The quantitative estimate of drug-likeness (QED) is 0.0269. The smallest absolute Gasteiger partial charge is 0.305 e. The number of aliphatic hydroxyl groups is 2. The number of esters is 1.